The first-order valence-corrected chi connectivity index (χ1v) is 10.4. The molecule has 1 aromatic heterocycles. The maximum absolute atomic E-state index is 12.2. The molecule has 1 heterocycles. The number of halogens is 1. The third-order valence-electron chi connectivity index (χ3n) is 4.34. The highest BCUT2D eigenvalue weighted by atomic mass is 35.5. The van der Waals surface area contributed by atoms with Gasteiger partial charge in [0.2, 0.25) is 11.2 Å². The van der Waals surface area contributed by atoms with Crippen molar-refractivity contribution in [2.75, 3.05) is 13.2 Å². The van der Waals surface area contributed by atoms with Crippen molar-refractivity contribution in [3.63, 3.8) is 0 Å². The van der Waals surface area contributed by atoms with Gasteiger partial charge in [-0.25, -0.2) is 0 Å². The molecule has 0 aliphatic heterocycles. The Morgan fingerprint density at radius 3 is 2.62 bits per heavy atom. The van der Waals surface area contributed by atoms with E-state index in [1.54, 1.807) is 6.08 Å². The summed E-state index contributed by atoms with van der Waals surface area (Å²) in [6, 6.07) is 6.99. The third kappa shape index (κ3) is 7.26. The van der Waals surface area contributed by atoms with E-state index < -0.39 is 0 Å². The Morgan fingerprint density at radius 1 is 1.17 bits per heavy atom. The van der Waals surface area contributed by atoms with Crippen LogP contribution in [0.3, 0.4) is 0 Å². The average molecular weight is 421 g/mol. The van der Waals surface area contributed by atoms with E-state index in [9.17, 15) is 4.79 Å². The number of aryl methyl sites for hydroxylation is 1. The van der Waals surface area contributed by atoms with Crippen molar-refractivity contribution in [2.45, 2.75) is 52.1 Å². The molecular formula is C23H29ClO5. The van der Waals surface area contributed by atoms with Crippen LogP contribution in [0.4, 0.5) is 0 Å². The fraction of sp³-hybridized carbons (Fsp3) is 0.435. The lowest BCUT2D eigenvalue weighted by Gasteiger charge is -2.12. The summed E-state index contributed by atoms with van der Waals surface area (Å²) in [6.45, 7) is 6.49. The molecular weight excluding hydrogens is 392 g/mol. The number of benzene rings is 1. The zero-order valence-corrected chi connectivity index (χ0v) is 17.7. The molecule has 0 aliphatic carbocycles. The molecule has 0 radical (unpaired) electrons. The van der Waals surface area contributed by atoms with E-state index in [1.807, 2.05) is 18.2 Å². The minimum atomic E-state index is -0.326. The van der Waals surface area contributed by atoms with E-state index in [-0.39, 0.29) is 23.5 Å². The summed E-state index contributed by atoms with van der Waals surface area (Å²) in [7, 11) is 0. The van der Waals surface area contributed by atoms with Crippen LogP contribution in [-0.4, -0.2) is 18.3 Å². The highest BCUT2D eigenvalue weighted by Crippen LogP contribution is 2.24. The van der Waals surface area contributed by atoms with E-state index >= 15 is 0 Å². The van der Waals surface area contributed by atoms with Crippen LogP contribution >= 0.6 is 11.6 Å². The quantitative estimate of drug-likeness (QED) is 0.361. The van der Waals surface area contributed by atoms with Gasteiger partial charge in [0.05, 0.1) is 13.2 Å². The number of aliphatic hydroxyl groups excluding tert-OH is 1. The second-order valence-electron chi connectivity index (χ2n) is 6.74. The first-order chi connectivity index (χ1) is 14.1. The van der Waals surface area contributed by atoms with E-state index in [0.717, 1.165) is 48.4 Å². The van der Waals surface area contributed by atoms with Crippen molar-refractivity contribution in [1.29, 1.82) is 0 Å². The van der Waals surface area contributed by atoms with Crippen LogP contribution in [-0.2, 0) is 19.4 Å². The largest absolute Gasteiger partial charge is 0.493 e. The molecule has 0 amide bonds. The standard InChI is InChI=1S/C23H29ClO5/c1-3-8-17-14-18(24)10-11-21(17)27-12-6-5-7-13-28-23-20(26)15-19(16-25)29-22(23)9-4-2/h4,10-11,14-15,25H,2-3,5-9,12-13,16H2,1H3. The number of rotatable bonds is 13. The molecule has 0 aliphatic rings. The van der Waals surface area contributed by atoms with E-state index in [0.29, 0.717) is 25.4 Å². The molecule has 0 fully saturated rings. The highest BCUT2D eigenvalue weighted by Gasteiger charge is 2.12. The molecule has 1 aromatic carbocycles. The zero-order chi connectivity index (χ0) is 21.1. The van der Waals surface area contributed by atoms with Crippen LogP contribution in [0.25, 0.3) is 0 Å². The first-order valence-electron chi connectivity index (χ1n) is 10.0. The molecule has 1 N–H and O–H groups in total. The lowest BCUT2D eigenvalue weighted by Crippen LogP contribution is -2.12. The van der Waals surface area contributed by atoms with Gasteiger partial charge in [0, 0.05) is 17.5 Å². The maximum atomic E-state index is 12.2. The lowest BCUT2D eigenvalue weighted by molar-refractivity contribution is 0.229. The van der Waals surface area contributed by atoms with Gasteiger partial charge in [-0.1, -0.05) is 31.0 Å². The molecule has 5 nitrogen and oxygen atoms in total. The molecule has 2 aromatic rings. The van der Waals surface area contributed by atoms with Crippen molar-refractivity contribution < 1.29 is 19.0 Å². The van der Waals surface area contributed by atoms with Gasteiger partial charge in [0.1, 0.15) is 18.1 Å². The minimum Gasteiger partial charge on any atom is -0.493 e. The smallest absolute Gasteiger partial charge is 0.227 e. The Kier molecular flexibility index (Phi) is 9.81. The van der Waals surface area contributed by atoms with Crippen LogP contribution < -0.4 is 14.9 Å². The SMILES string of the molecule is C=CCc1oc(CO)cc(=O)c1OCCCCCOc1ccc(Cl)cc1CCC. The highest BCUT2D eigenvalue weighted by molar-refractivity contribution is 6.30. The lowest BCUT2D eigenvalue weighted by atomic mass is 10.1. The average Bonchev–Trinajstić information content (AvgIpc) is 2.70. The molecule has 0 atom stereocenters. The van der Waals surface area contributed by atoms with Gasteiger partial charge in [-0.3, -0.25) is 4.79 Å². The Balaban J connectivity index is 1.77. The third-order valence-corrected chi connectivity index (χ3v) is 4.58. The van der Waals surface area contributed by atoms with Crippen molar-refractivity contribution in [3.8, 4) is 11.5 Å². The Labute approximate surface area is 176 Å². The van der Waals surface area contributed by atoms with Crippen LogP contribution in [0.15, 0.2) is 46.1 Å². The Bertz CT molecular complexity index is 844. The van der Waals surface area contributed by atoms with Crippen LogP contribution in [0.1, 0.15) is 49.7 Å². The molecule has 0 bridgehead atoms. The summed E-state index contributed by atoms with van der Waals surface area (Å²) in [5.74, 6) is 1.71. The second kappa shape index (κ2) is 12.3. The first kappa shape index (κ1) is 23.0. The van der Waals surface area contributed by atoms with E-state index in [2.05, 4.69) is 13.5 Å². The topological polar surface area (TPSA) is 68.9 Å². The van der Waals surface area contributed by atoms with E-state index in [1.165, 1.54) is 6.07 Å². The number of allylic oxidation sites excluding steroid dienone is 1. The second-order valence-corrected chi connectivity index (χ2v) is 7.18. The van der Waals surface area contributed by atoms with E-state index in [4.69, 9.17) is 30.6 Å². The van der Waals surface area contributed by atoms with Gasteiger partial charge in [0.25, 0.3) is 0 Å². The summed E-state index contributed by atoms with van der Waals surface area (Å²) >= 11 is 6.06. The van der Waals surface area contributed by atoms with Crippen LogP contribution in [0.5, 0.6) is 11.5 Å². The Hall–Kier alpha value is -2.24. The predicted octanol–water partition coefficient (Wildman–Crippen LogP) is 5.09. The van der Waals surface area contributed by atoms with Gasteiger partial charge in [-0.15, -0.1) is 6.58 Å². The zero-order valence-electron chi connectivity index (χ0n) is 16.9. The summed E-state index contributed by atoms with van der Waals surface area (Å²) in [6.07, 6.45) is 6.56. The van der Waals surface area contributed by atoms with Crippen molar-refractivity contribution >= 4 is 11.6 Å². The number of hydrogen-bond acceptors (Lipinski definition) is 5. The molecule has 158 valence electrons. The number of hydrogen-bond donors (Lipinski definition) is 1. The fourth-order valence-corrected chi connectivity index (χ4v) is 3.16. The molecule has 0 unspecified atom stereocenters. The van der Waals surface area contributed by atoms with Gasteiger partial charge in [-0.2, -0.15) is 0 Å². The van der Waals surface area contributed by atoms with Crippen LogP contribution in [0, 0.1) is 0 Å². The van der Waals surface area contributed by atoms with Crippen LogP contribution in [0.2, 0.25) is 5.02 Å². The van der Waals surface area contributed by atoms with Crippen molar-refractivity contribution in [2.24, 2.45) is 0 Å². The summed E-state index contributed by atoms with van der Waals surface area (Å²) in [5.41, 5.74) is 0.850. The normalized spacial score (nSPS) is 10.7. The number of ether oxygens (including phenoxy) is 2. The molecule has 0 saturated heterocycles. The Morgan fingerprint density at radius 2 is 1.93 bits per heavy atom. The minimum absolute atomic E-state index is 0.198. The van der Waals surface area contributed by atoms with Crippen molar-refractivity contribution in [3.05, 3.63) is 69.3 Å². The number of unbranched alkanes of at least 4 members (excludes halogenated alkanes) is 2. The molecule has 2 rings (SSSR count). The van der Waals surface area contributed by atoms with Crippen molar-refractivity contribution in [1.82, 2.24) is 0 Å². The van der Waals surface area contributed by atoms with Gasteiger partial charge < -0.3 is 19.0 Å². The maximum Gasteiger partial charge on any atom is 0.227 e. The molecule has 0 saturated carbocycles. The summed E-state index contributed by atoms with van der Waals surface area (Å²) in [5, 5.41) is 9.89. The van der Waals surface area contributed by atoms with Gasteiger partial charge >= 0.3 is 0 Å². The fourth-order valence-electron chi connectivity index (χ4n) is 2.97. The molecule has 6 heteroatoms. The molecule has 0 spiro atoms. The van der Waals surface area contributed by atoms with Gasteiger partial charge in [0.15, 0.2) is 5.76 Å². The van der Waals surface area contributed by atoms with Gasteiger partial charge in [-0.05, 0) is 49.4 Å². The summed E-state index contributed by atoms with van der Waals surface area (Å²) < 4.78 is 17.1. The molecule has 29 heavy (non-hydrogen) atoms. The number of aliphatic hydroxyl groups is 1. The predicted molar refractivity (Wildman–Crippen MR) is 115 cm³/mol. The monoisotopic (exact) mass is 420 g/mol. The summed E-state index contributed by atoms with van der Waals surface area (Å²) in [4.78, 5) is 12.2.